The van der Waals surface area contributed by atoms with Crippen molar-refractivity contribution >= 4 is 11.3 Å². The quantitative estimate of drug-likeness (QED) is 0.853. The van der Waals surface area contributed by atoms with Crippen LogP contribution in [0.4, 0.5) is 0 Å². The number of benzene rings is 1. The molecular formula is C17H21NS. The third-order valence-corrected chi connectivity index (χ3v) is 5.16. The second-order valence-electron chi connectivity index (χ2n) is 5.68. The van der Waals surface area contributed by atoms with E-state index in [0.717, 1.165) is 5.92 Å². The first-order chi connectivity index (χ1) is 9.22. The predicted molar refractivity (Wildman–Crippen MR) is 82.8 cm³/mol. The van der Waals surface area contributed by atoms with Crippen molar-refractivity contribution in [1.82, 2.24) is 5.32 Å². The summed E-state index contributed by atoms with van der Waals surface area (Å²) in [6, 6.07) is 14.5. The van der Waals surface area contributed by atoms with Crippen LogP contribution in [0.1, 0.15) is 47.7 Å². The first kappa shape index (κ1) is 12.9. The van der Waals surface area contributed by atoms with Crippen molar-refractivity contribution in [1.29, 1.82) is 0 Å². The summed E-state index contributed by atoms with van der Waals surface area (Å²) in [4.78, 5) is 1.44. The lowest BCUT2D eigenvalue weighted by Gasteiger charge is -2.38. The van der Waals surface area contributed by atoms with E-state index in [4.69, 9.17) is 0 Å². The normalized spacial score (nSPS) is 23.9. The van der Waals surface area contributed by atoms with Gasteiger partial charge >= 0.3 is 0 Å². The Morgan fingerprint density at radius 3 is 2.74 bits per heavy atom. The van der Waals surface area contributed by atoms with Crippen LogP contribution < -0.4 is 5.32 Å². The third kappa shape index (κ3) is 2.90. The summed E-state index contributed by atoms with van der Waals surface area (Å²) in [6.07, 6.45) is 2.55. The number of hydrogen-bond acceptors (Lipinski definition) is 2. The van der Waals surface area contributed by atoms with Crippen molar-refractivity contribution in [2.75, 3.05) is 0 Å². The molecule has 2 aromatic rings. The maximum atomic E-state index is 3.74. The molecule has 1 heterocycles. The number of nitrogens with one attached hydrogen (secondary N) is 1. The van der Waals surface area contributed by atoms with Crippen molar-refractivity contribution in [2.45, 2.75) is 44.7 Å². The molecular weight excluding hydrogens is 250 g/mol. The van der Waals surface area contributed by atoms with E-state index in [2.05, 4.69) is 60.9 Å². The number of hydrogen-bond donors (Lipinski definition) is 1. The highest BCUT2D eigenvalue weighted by molar-refractivity contribution is 7.10. The Hall–Kier alpha value is -1.12. The zero-order valence-corrected chi connectivity index (χ0v) is 12.4. The van der Waals surface area contributed by atoms with Gasteiger partial charge < -0.3 is 5.32 Å². The molecule has 1 aliphatic rings. The van der Waals surface area contributed by atoms with Gasteiger partial charge in [-0.15, -0.1) is 11.3 Å². The van der Waals surface area contributed by atoms with E-state index in [-0.39, 0.29) is 0 Å². The molecule has 2 heteroatoms. The SMILES string of the molecule is Cc1cccc(C2CC(NC(C)c3cccs3)C2)c1. The van der Waals surface area contributed by atoms with Gasteiger partial charge in [-0.25, -0.2) is 0 Å². The zero-order valence-electron chi connectivity index (χ0n) is 11.6. The average Bonchev–Trinajstić information content (AvgIpc) is 2.86. The Balaban J connectivity index is 1.53. The van der Waals surface area contributed by atoms with Gasteiger partial charge in [-0.05, 0) is 49.6 Å². The molecule has 0 radical (unpaired) electrons. The molecule has 1 N–H and O–H groups in total. The number of rotatable bonds is 4. The summed E-state index contributed by atoms with van der Waals surface area (Å²) < 4.78 is 0. The lowest BCUT2D eigenvalue weighted by atomic mass is 9.75. The smallest absolute Gasteiger partial charge is 0.0388 e. The second-order valence-corrected chi connectivity index (χ2v) is 6.66. The molecule has 0 spiro atoms. The minimum atomic E-state index is 0.489. The van der Waals surface area contributed by atoms with Crippen LogP contribution in [0, 0.1) is 6.92 Å². The van der Waals surface area contributed by atoms with Gasteiger partial charge in [0.05, 0.1) is 0 Å². The molecule has 0 aliphatic heterocycles. The highest BCUT2D eigenvalue weighted by Crippen LogP contribution is 2.38. The van der Waals surface area contributed by atoms with Crippen LogP contribution in [-0.4, -0.2) is 6.04 Å². The molecule has 19 heavy (non-hydrogen) atoms. The Labute approximate surface area is 119 Å². The summed E-state index contributed by atoms with van der Waals surface area (Å²) in [5.41, 5.74) is 2.89. The Morgan fingerprint density at radius 1 is 1.21 bits per heavy atom. The van der Waals surface area contributed by atoms with Crippen LogP contribution in [-0.2, 0) is 0 Å². The van der Waals surface area contributed by atoms with Crippen LogP contribution in [0.5, 0.6) is 0 Å². The van der Waals surface area contributed by atoms with Gasteiger partial charge in [0.15, 0.2) is 0 Å². The lowest BCUT2D eigenvalue weighted by molar-refractivity contribution is 0.272. The molecule has 1 aliphatic carbocycles. The van der Waals surface area contributed by atoms with E-state index in [1.807, 2.05) is 11.3 Å². The van der Waals surface area contributed by atoms with Crippen molar-refractivity contribution in [3.63, 3.8) is 0 Å². The molecule has 0 amide bonds. The molecule has 1 saturated carbocycles. The van der Waals surface area contributed by atoms with Crippen LogP contribution in [0.15, 0.2) is 41.8 Å². The van der Waals surface area contributed by atoms with Gasteiger partial charge in [-0.2, -0.15) is 0 Å². The van der Waals surface area contributed by atoms with Crippen LogP contribution in [0.3, 0.4) is 0 Å². The first-order valence-electron chi connectivity index (χ1n) is 7.08. The highest BCUT2D eigenvalue weighted by Gasteiger charge is 2.31. The molecule has 1 unspecified atom stereocenters. The van der Waals surface area contributed by atoms with Gasteiger partial charge in [0.2, 0.25) is 0 Å². The molecule has 1 aromatic heterocycles. The van der Waals surface area contributed by atoms with Crippen molar-refractivity contribution in [3.05, 3.63) is 57.8 Å². The maximum Gasteiger partial charge on any atom is 0.0388 e. The molecule has 1 fully saturated rings. The monoisotopic (exact) mass is 271 g/mol. The molecule has 3 rings (SSSR count). The zero-order chi connectivity index (χ0) is 13.2. The van der Waals surface area contributed by atoms with E-state index in [1.165, 1.54) is 28.8 Å². The predicted octanol–water partition coefficient (Wildman–Crippen LogP) is 4.65. The van der Waals surface area contributed by atoms with Gasteiger partial charge in [0, 0.05) is 17.0 Å². The summed E-state index contributed by atoms with van der Waals surface area (Å²) in [5.74, 6) is 0.757. The molecule has 1 nitrogen and oxygen atoms in total. The average molecular weight is 271 g/mol. The summed E-state index contributed by atoms with van der Waals surface area (Å²) in [7, 11) is 0. The molecule has 1 aromatic carbocycles. The molecule has 100 valence electrons. The molecule has 0 saturated heterocycles. The van der Waals surface area contributed by atoms with Gasteiger partial charge in [0.1, 0.15) is 0 Å². The molecule has 1 atom stereocenters. The van der Waals surface area contributed by atoms with E-state index in [1.54, 1.807) is 0 Å². The fourth-order valence-corrected chi connectivity index (χ4v) is 3.67. The Bertz CT molecular complexity index is 526. The number of aryl methyl sites for hydroxylation is 1. The van der Waals surface area contributed by atoms with Gasteiger partial charge in [-0.3, -0.25) is 0 Å². The maximum absolute atomic E-state index is 3.74. The largest absolute Gasteiger partial charge is 0.307 e. The van der Waals surface area contributed by atoms with Gasteiger partial charge in [-0.1, -0.05) is 35.9 Å². The Morgan fingerprint density at radius 2 is 2.05 bits per heavy atom. The van der Waals surface area contributed by atoms with E-state index in [0.29, 0.717) is 12.1 Å². The minimum absolute atomic E-state index is 0.489. The van der Waals surface area contributed by atoms with E-state index < -0.39 is 0 Å². The molecule has 0 bridgehead atoms. The van der Waals surface area contributed by atoms with Crippen molar-refractivity contribution in [3.8, 4) is 0 Å². The minimum Gasteiger partial charge on any atom is -0.307 e. The van der Waals surface area contributed by atoms with Crippen LogP contribution in [0.25, 0.3) is 0 Å². The van der Waals surface area contributed by atoms with Crippen LogP contribution >= 0.6 is 11.3 Å². The Kier molecular flexibility index (Phi) is 3.72. The summed E-state index contributed by atoms with van der Waals surface area (Å²) in [5, 5.41) is 5.90. The van der Waals surface area contributed by atoms with Gasteiger partial charge in [0.25, 0.3) is 0 Å². The first-order valence-corrected chi connectivity index (χ1v) is 7.96. The third-order valence-electron chi connectivity index (χ3n) is 4.11. The standard InChI is InChI=1S/C17H21NS/c1-12-5-3-6-14(9-12)15-10-16(11-15)18-13(2)17-7-4-8-19-17/h3-9,13,15-16,18H,10-11H2,1-2H3. The van der Waals surface area contributed by atoms with E-state index in [9.17, 15) is 0 Å². The lowest BCUT2D eigenvalue weighted by Crippen LogP contribution is -2.41. The van der Waals surface area contributed by atoms with E-state index >= 15 is 0 Å². The number of thiophene rings is 1. The fourth-order valence-electron chi connectivity index (χ4n) is 2.92. The van der Waals surface area contributed by atoms with Crippen molar-refractivity contribution < 1.29 is 0 Å². The highest BCUT2D eigenvalue weighted by atomic mass is 32.1. The summed E-state index contributed by atoms with van der Waals surface area (Å²) >= 11 is 1.84. The fraction of sp³-hybridized carbons (Fsp3) is 0.412. The van der Waals surface area contributed by atoms with Crippen LogP contribution in [0.2, 0.25) is 0 Å². The topological polar surface area (TPSA) is 12.0 Å². The summed E-state index contributed by atoms with van der Waals surface area (Å²) in [6.45, 7) is 4.45. The second kappa shape index (κ2) is 5.48. The van der Waals surface area contributed by atoms with Crippen molar-refractivity contribution in [2.24, 2.45) is 0 Å².